The fourth-order valence-electron chi connectivity index (χ4n) is 2.07. The molecule has 98 valence electrons. The molecule has 1 aliphatic heterocycles. The minimum absolute atomic E-state index is 0.155. The Hall–Kier alpha value is -0.940. The first-order valence-corrected chi connectivity index (χ1v) is 6.52. The van der Waals surface area contributed by atoms with E-state index in [1.165, 1.54) is 19.2 Å². The molecule has 0 aromatic heterocycles. The summed E-state index contributed by atoms with van der Waals surface area (Å²) >= 11 is 3.08. The van der Waals surface area contributed by atoms with Gasteiger partial charge in [-0.25, -0.2) is 4.39 Å². The predicted molar refractivity (Wildman–Crippen MR) is 68.5 cm³/mol. The Morgan fingerprint density at radius 1 is 1.56 bits per heavy atom. The second-order valence-electron chi connectivity index (χ2n) is 4.39. The van der Waals surface area contributed by atoms with E-state index < -0.39 is 11.9 Å². The third-order valence-corrected chi connectivity index (χ3v) is 3.76. The molecule has 0 bridgehead atoms. The maximum Gasteiger partial charge on any atom is 0.195 e. The van der Waals surface area contributed by atoms with Crippen molar-refractivity contribution < 1.29 is 18.7 Å². The summed E-state index contributed by atoms with van der Waals surface area (Å²) in [6.45, 7) is 2.56. The summed E-state index contributed by atoms with van der Waals surface area (Å²) in [4.78, 5) is 12.4. The second kappa shape index (κ2) is 5.36. The van der Waals surface area contributed by atoms with E-state index in [1.54, 1.807) is 0 Å². The minimum Gasteiger partial charge on any atom is -0.496 e. The molecule has 18 heavy (non-hydrogen) atoms. The molecule has 1 fully saturated rings. The first-order chi connectivity index (χ1) is 8.54. The van der Waals surface area contributed by atoms with Gasteiger partial charge in [0.1, 0.15) is 17.7 Å². The molecule has 1 aromatic carbocycles. The predicted octanol–water partition coefficient (Wildman–Crippen LogP) is 3.20. The van der Waals surface area contributed by atoms with Crippen LogP contribution < -0.4 is 4.74 Å². The fraction of sp³-hybridized carbons (Fsp3) is 0.462. The van der Waals surface area contributed by atoms with Crippen LogP contribution in [0.25, 0.3) is 0 Å². The van der Waals surface area contributed by atoms with Crippen LogP contribution in [-0.2, 0) is 4.74 Å². The number of hydrogen-bond acceptors (Lipinski definition) is 3. The highest BCUT2D eigenvalue weighted by atomic mass is 79.9. The third kappa shape index (κ3) is 2.42. The molecule has 1 saturated heterocycles. The van der Waals surface area contributed by atoms with Crippen molar-refractivity contribution in [2.45, 2.75) is 19.4 Å². The average Bonchev–Trinajstić information content (AvgIpc) is 2.77. The lowest BCUT2D eigenvalue weighted by atomic mass is 9.95. The zero-order valence-corrected chi connectivity index (χ0v) is 11.8. The topological polar surface area (TPSA) is 35.5 Å². The summed E-state index contributed by atoms with van der Waals surface area (Å²) in [5, 5.41) is 0. The Kier molecular flexibility index (Phi) is 4.02. The number of Topliss-reactive ketones (excluding diaryl/α,β-unsaturated/α-hetero) is 1. The van der Waals surface area contributed by atoms with Gasteiger partial charge in [0.2, 0.25) is 0 Å². The lowest BCUT2D eigenvalue weighted by Crippen LogP contribution is -2.25. The van der Waals surface area contributed by atoms with Crippen LogP contribution in [0.5, 0.6) is 5.75 Å². The van der Waals surface area contributed by atoms with Crippen molar-refractivity contribution in [2.75, 3.05) is 13.7 Å². The van der Waals surface area contributed by atoms with Gasteiger partial charge in [0.05, 0.1) is 17.1 Å². The average molecular weight is 317 g/mol. The number of hydrogen-bond donors (Lipinski definition) is 0. The zero-order chi connectivity index (χ0) is 13.3. The van der Waals surface area contributed by atoms with Gasteiger partial charge in [-0.1, -0.05) is 6.92 Å². The Bertz CT molecular complexity index is 476. The Balaban J connectivity index is 2.37. The maximum atomic E-state index is 13.4. The third-order valence-electron chi connectivity index (χ3n) is 3.15. The second-order valence-corrected chi connectivity index (χ2v) is 5.24. The highest BCUT2D eigenvalue weighted by Gasteiger charge is 2.33. The van der Waals surface area contributed by atoms with Gasteiger partial charge in [0, 0.05) is 12.7 Å². The van der Waals surface area contributed by atoms with Gasteiger partial charge in [-0.2, -0.15) is 0 Å². The first kappa shape index (κ1) is 13.5. The van der Waals surface area contributed by atoms with Gasteiger partial charge in [0.25, 0.3) is 0 Å². The molecule has 1 aliphatic rings. The largest absolute Gasteiger partial charge is 0.496 e. The molecule has 2 atom stereocenters. The van der Waals surface area contributed by atoms with E-state index >= 15 is 0 Å². The SMILES string of the molecule is COc1cc(F)c(Br)cc1C(=O)C1OCCC1C. The standard InChI is InChI=1S/C13H14BrFO3/c1-7-3-4-18-13(7)12(16)8-5-9(14)10(15)6-11(8)17-2/h5-7,13H,3-4H2,1-2H3. The Morgan fingerprint density at radius 2 is 2.28 bits per heavy atom. The van der Waals surface area contributed by atoms with Crippen LogP contribution in [0.15, 0.2) is 16.6 Å². The van der Waals surface area contributed by atoms with Crippen LogP contribution in [0.2, 0.25) is 0 Å². The Labute approximate surface area is 113 Å². The highest BCUT2D eigenvalue weighted by molar-refractivity contribution is 9.10. The minimum atomic E-state index is -0.462. The van der Waals surface area contributed by atoms with E-state index in [9.17, 15) is 9.18 Å². The van der Waals surface area contributed by atoms with E-state index in [-0.39, 0.29) is 21.9 Å². The number of rotatable bonds is 3. The van der Waals surface area contributed by atoms with Gasteiger partial charge in [0.15, 0.2) is 5.78 Å². The number of ketones is 1. The molecule has 0 N–H and O–H groups in total. The van der Waals surface area contributed by atoms with Gasteiger partial charge in [-0.3, -0.25) is 4.79 Å². The zero-order valence-electron chi connectivity index (χ0n) is 10.2. The van der Waals surface area contributed by atoms with E-state index in [0.717, 1.165) is 6.42 Å². The number of methoxy groups -OCH3 is 1. The quantitative estimate of drug-likeness (QED) is 0.803. The lowest BCUT2D eigenvalue weighted by Gasteiger charge is -2.15. The van der Waals surface area contributed by atoms with Gasteiger partial charge in [-0.15, -0.1) is 0 Å². The van der Waals surface area contributed by atoms with Crippen LogP contribution in [0.1, 0.15) is 23.7 Å². The molecule has 2 rings (SSSR count). The number of benzene rings is 1. The molecule has 1 aromatic rings. The molecule has 0 aliphatic carbocycles. The van der Waals surface area contributed by atoms with E-state index in [0.29, 0.717) is 12.2 Å². The Morgan fingerprint density at radius 3 is 2.83 bits per heavy atom. The van der Waals surface area contributed by atoms with Crippen molar-refractivity contribution in [1.29, 1.82) is 0 Å². The number of ether oxygens (including phenoxy) is 2. The van der Waals surface area contributed by atoms with Crippen LogP contribution in [0.4, 0.5) is 4.39 Å². The summed E-state index contributed by atoms with van der Waals surface area (Å²) in [5.74, 6) is -0.198. The van der Waals surface area contributed by atoms with Crippen molar-refractivity contribution in [2.24, 2.45) is 5.92 Å². The smallest absolute Gasteiger partial charge is 0.195 e. The maximum absolute atomic E-state index is 13.4. The molecular formula is C13H14BrFO3. The first-order valence-electron chi connectivity index (χ1n) is 5.73. The van der Waals surface area contributed by atoms with Crippen molar-refractivity contribution in [3.8, 4) is 5.75 Å². The van der Waals surface area contributed by atoms with Gasteiger partial charge in [-0.05, 0) is 34.3 Å². The highest BCUT2D eigenvalue weighted by Crippen LogP contribution is 2.31. The molecule has 1 heterocycles. The number of carbonyl (C=O) groups excluding carboxylic acids is 1. The lowest BCUT2D eigenvalue weighted by molar-refractivity contribution is 0.0576. The molecule has 0 saturated carbocycles. The van der Waals surface area contributed by atoms with Gasteiger partial charge < -0.3 is 9.47 Å². The fourth-order valence-corrected chi connectivity index (χ4v) is 2.42. The molecule has 3 nitrogen and oxygen atoms in total. The summed E-state index contributed by atoms with van der Waals surface area (Å²) in [6, 6.07) is 2.65. The van der Waals surface area contributed by atoms with E-state index in [4.69, 9.17) is 9.47 Å². The van der Waals surface area contributed by atoms with Crippen molar-refractivity contribution >= 4 is 21.7 Å². The van der Waals surface area contributed by atoms with Gasteiger partial charge >= 0.3 is 0 Å². The van der Waals surface area contributed by atoms with Crippen LogP contribution in [0.3, 0.4) is 0 Å². The normalized spacial score (nSPS) is 23.1. The molecular weight excluding hydrogens is 303 g/mol. The summed E-state index contributed by atoms with van der Waals surface area (Å²) in [5.41, 5.74) is 0.351. The molecule has 0 amide bonds. The summed E-state index contributed by atoms with van der Waals surface area (Å²) < 4.78 is 24.1. The monoisotopic (exact) mass is 316 g/mol. The molecule has 0 spiro atoms. The number of halogens is 2. The number of carbonyl (C=O) groups is 1. The van der Waals surface area contributed by atoms with Crippen LogP contribution >= 0.6 is 15.9 Å². The van der Waals surface area contributed by atoms with Crippen molar-refractivity contribution in [3.63, 3.8) is 0 Å². The summed E-state index contributed by atoms with van der Waals surface area (Å²) in [6.07, 6.45) is 0.400. The van der Waals surface area contributed by atoms with E-state index in [1.807, 2.05) is 6.92 Å². The summed E-state index contributed by atoms with van der Waals surface area (Å²) in [7, 11) is 1.42. The van der Waals surface area contributed by atoms with E-state index in [2.05, 4.69) is 15.9 Å². The van der Waals surface area contributed by atoms with Crippen LogP contribution in [-0.4, -0.2) is 25.6 Å². The van der Waals surface area contributed by atoms with Crippen molar-refractivity contribution in [1.82, 2.24) is 0 Å². The molecule has 0 radical (unpaired) electrons. The van der Waals surface area contributed by atoms with Crippen molar-refractivity contribution in [3.05, 3.63) is 28.0 Å². The molecule has 2 unspecified atom stereocenters. The molecule has 5 heteroatoms. The van der Waals surface area contributed by atoms with Crippen LogP contribution in [0, 0.1) is 11.7 Å².